The number of benzene rings is 1. The van der Waals surface area contributed by atoms with Gasteiger partial charge in [-0.2, -0.15) is 0 Å². The van der Waals surface area contributed by atoms with Crippen molar-refractivity contribution in [2.45, 2.75) is 79.5 Å². The van der Waals surface area contributed by atoms with Crippen LogP contribution in [0, 0.1) is 34.6 Å². The predicted octanol–water partition coefficient (Wildman–Crippen LogP) is 3.86. The summed E-state index contributed by atoms with van der Waals surface area (Å²) in [4.78, 5) is 0. The highest BCUT2D eigenvalue weighted by molar-refractivity contribution is 6.47. The third-order valence-corrected chi connectivity index (χ3v) is 5.96. The van der Waals surface area contributed by atoms with Crippen molar-refractivity contribution in [3.05, 3.63) is 33.4 Å². The molecule has 1 aromatic carbocycles. The molecule has 2 rings (SSSR count). The largest absolute Gasteiger partial charge is 0.480 e. The quantitative estimate of drug-likeness (QED) is 0.844. The van der Waals surface area contributed by atoms with Gasteiger partial charge in [0.1, 0.15) is 0 Å². The molecule has 0 aliphatic carbocycles. The van der Waals surface area contributed by atoms with E-state index in [0.29, 0.717) is 0 Å². The smallest absolute Gasteiger partial charge is 0.402 e. The summed E-state index contributed by atoms with van der Waals surface area (Å²) in [5.74, 6) is -0.279. The van der Waals surface area contributed by atoms with Gasteiger partial charge in [0.25, 0.3) is 0 Å². The Morgan fingerprint density at radius 1 is 0.727 bits per heavy atom. The highest BCUT2D eigenvalue weighted by atomic mass is 16.7. The second kappa shape index (κ2) is 5.36. The van der Waals surface area contributed by atoms with E-state index in [9.17, 15) is 0 Å². The molecule has 0 unspecified atom stereocenters. The second-order valence-electron chi connectivity index (χ2n) is 7.69. The minimum absolute atomic E-state index is 0.279. The number of hydrogen-bond acceptors (Lipinski definition) is 3. The van der Waals surface area contributed by atoms with E-state index >= 15 is 0 Å². The van der Waals surface area contributed by atoms with Crippen LogP contribution in [0.25, 0.3) is 0 Å². The Kier molecular flexibility index (Phi) is 4.27. The molecular weight excluding hydrogens is 273 g/mol. The fourth-order valence-corrected chi connectivity index (χ4v) is 3.20. The van der Waals surface area contributed by atoms with E-state index in [0.717, 1.165) is 0 Å². The highest BCUT2D eigenvalue weighted by Gasteiger charge is 2.53. The topological polar surface area (TPSA) is 44.5 Å². The zero-order valence-electron chi connectivity index (χ0n) is 15.5. The zero-order chi connectivity index (χ0) is 17.0. The van der Waals surface area contributed by atoms with Gasteiger partial charge in [-0.05, 0) is 95.7 Å². The Hall–Kier alpha value is -0.835. The molecule has 0 aromatic heterocycles. The van der Waals surface area contributed by atoms with Crippen LogP contribution in [0.15, 0.2) is 0 Å². The zero-order valence-corrected chi connectivity index (χ0v) is 15.5. The first-order chi connectivity index (χ1) is 9.90. The molecule has 0 bridgehead atoms. The minimum atomic E-state index is -0.413. The van der Waals surface area contributed by atoms with Crippen molar-refractivity contribution in [1.82, 2.24) is 0 Å². The second-order valence-corrected chi connectivity index (χ2v) is 7.69. The molecule has 1 saturated heterocycles. The lowest BCUT2D eigenvalue weighted by Crippen LogP contribution is -2.41. The Labute approximate surface area is 135 Å². The molecule has 1 aliphatic rings. The summed E-state index contributed by atoms with van der Waals surface area (Å²) in [6.07, 6.45) is 0. The van der Waals surface area contributed by atoms with E-state index in [4.69, 9.17) is 15.0 Å². The van der Waals surface area contributed by atoms with Gasteiger partial charge in [0.15, 0.2) is 0 Å². The molecule has 122 valence electrons. The first-order valence-corrected chi connectivity index (χ1v) is 8.08. The molecular formula is C18H30BNO2. The van der Waals surface area contributed by atoms with Gasteiger partial charge in [-0.1, -0.05) is 0 Å². The summed E-state index contributed by atoms with van der Waals surface area (Å²) in [5, 5.41) is 0. The molecule has 1 fully saturated rings. The van der Waals surface area contributed by atoms with E-state index < -0.39 is 7.12 Å². The highest BCUT2D eigenvalue weighted by Crippen LogP contribution is 2.41. The van der Waals surface area contributed by atoms with E-state index in [-0.39, 0.29) is 17.1 Å². The van der Waals surface area contributed by atoms with Crippen LogP contribution in [-0.4, -0.2) is 18.3 Å². The average Bonchev–Trinajstić information content (AvgIpc) is 2.63. The fraction of sp³-hybridized carbons (Fsp3) is 0.667. The third kappa shape index (κ3) is 2.51. The maximum absolute atomic E-state index is 6.58. The summed E-state index contributed by atoms with van der Waals surface area (Å²) < 4.78 is 12.3. The first-order valence-electron chi connectivity index (χ1n) is 8.08. The Bertz CT molecular complexity index is 563. The molecule has 4 heteroatoms. The SMILES string of the molecule is Cc1c(C)c(C)c([C@@H](N)B2OC(C)(C)C(C)(C)O2)c(C)c1C. The van der Waals surface area contributed by atoms with Gasteiger partial charge < -0.3 is 15.0 Å². The van der Waals surface area contributed by atoms with Crippen LogP contribution < -0.4 is 5.73 Å². The van der Waals surface area contributed by atoms with E-state index in [1.165, 1.54) is 33.4 Å². The van der Waals surface area contributed by atoms with Crippen molar-refractivity contribution in [2.75, 3.05) is 0 Å². The lowest BCUT2D eigenvalue weighted by molar-refractivity contribution is 0.00578. The van der Waals surface area contributed by atoms with Crippen LogP contribution in [0.1, 0.15) is 67.0 Å². The molecule has 1 aliphatic heterocycles. The van der Waals surface area contributed by atoms with Crippen molar-refractivity contribution >= 4 is 7.12 Å². The van der Waals surface area contributed by atoms with Crippen LogP contribution in [0.5, 0.6) is 0 Å². The minimum Gasteiger partial charge on any atom is -0.402 e. The fourth-order valence-electron chi connectivity index (χ4n) is 3.20. The molecule has 3 nitrogen and oxygen atoms in total. The average molecular weight is 303 g/mol. The molecule has 1 atom stereocenters. The summed E-state index contributed by atoms with van der Waals surface area (Å²) in [5.41, 5.74) is 13.5. The van der Waals surface area contributed by atoms with Gasteiger partial charge in [0.2, 0.25) is 0 Å². The van der Waals surface area contributed by atoms with E-state index in [1.807, 2.05) is 0 Å². The van der Waals surface area contributed by atoms with E-state index in [2.05, 4.69) is 62.3 Å². The lowest BCUT2D eigenvalue weighted by atomic mass is 9.70. The Morgan fingerprint density at radius 2 is 1.05 bits per heavy atom. The van der Waals surface area contributed by atoms with Crippen LogP contribution in [-0.2, 0) is 9.31 Å². The van der Waals surface area contributed by atoms with Crippen molar-refractivity contribution in [2.24, 2.45) is 5.73 Å². The lowest BCUT2D eigenvalue weighted by Gasteiger charge is -2.32. The molecule has 0 radical (unpaired) electrons. The standard InChI is InChI=1S/C18H30BNO2/c1-10-11(2)13(4)15(14(5)12(10)3)16(20)19-21-17(6,7)18(8,9)22-19/h16H,20H2,1-9H3/t16-/m1/s1. The molecule has 2 N–H and O–H groups in total. The monoisotopic (exact) mass is 303 g/mol. The normalized spacial score (nSPS) is 21.3. The summed E-state index contributed by atoms with van der Waals surface area (Å²) in [6, 6.07) is 0. The summed E-state index contributed by atoms with van der Waals surface area (Å²) in [6.45, 7) is 19.0. The maximum atomic E-state index is 6.58. The van der Waals surface area contributed by atoms with Gasteiger partial charge in [-0.3, -0.25) is 0 Å². The number of hydrogen-bond donors (Lipinski definition) is 1. The van der Waals surface area contributed by atoms with Gasteiger partial charge in [-0.25, -0.2) is 0 Å². The maximum Gasteiger partial charge on any atom is 0.480 e. The summed E-state index contributed by atoms with van der Waals surface area (Å²) in [7, 11) is -0.413. The van der Waals surface area contributed by atoms with Gasteiger partial charge in [0.05, 0.1) is 17.1 Å². The molecule has 22 heavy (non-hydrogen) atoms. The van der Waals surface area contributed by atoms with Crippen molar-refractivity contribution in [3.63, 3.8) is 0 Å². The Morgan fingerprint density at radius 3 is 1.41 bits per heavy atom. The van der Waals surface area contributed by atoms with Crippen LogP contribution >= 0.6 is 0 Å². The molecule has 0 spiro atoms. The van der Waals surface area contributed by atoms with Gasteiger partial charge in [-0.15, -0.1) is 0 Å². The van der Waals surface area contributed by atoms with Gasteiger partial charge in [0, 0.05) is 0 Å². The molecule has 0 saturated carbocycles. The first kappa shape index (κ1) is 17.5. The number of rotatable bonds is 2. The Balaban J connectivity index is 2.46. The van der Waals surface area contributed by atoms with E-state index in [1.54, 1.807) is 0 Å². The van der Waals surface area contributed by atoms with Crippen molar-refractivity contribution in [3.8, 4) is 0 Å². The molecule has 0 amide bonds. The number of nitrogens with two attached hydrogens (primary N) is 1. The van der Waals surface area contributed by atoms with Crippen LogP contribution in [0.2, 0.25) is 0 Å². The molecule has 1 aromatic rings. The summed E-state index contributed by atoms with van der Waals surface area (Å²) >= 11 is 0. The van der Waals surface area contributed by atoms with Crippen molar-refractivity contribution in [1.29, 1.82) is 0 Å². The van der Waals surface area contributed by atoms with Crippen LogP contribution in [0.3, 0.4) is 0 Å². The van der Waals surface area contributed by atoms with Crippen LogP contribution in [0.4, 0.5) is 0 Å². The predicted molar refractivity (Wildman–Crippen MR) is 93.1 cm³/mol. The molecule has 1 heterocycles. The third-order valence-electron chi connectivity index (χ3n) is 5.96. The van der Waals surface area contributed by atoms with Crippen molar-refractivity contribution < 1.29 is 9.31 Å². The van der Waals surface area contributed by atoms with Gasteiger partial charge >= 0.3 is 7.12 Å².